The summed E-state index contributed by atoms with van der Waals surface area (Å²) in [5.41, 5.74) is -1.26. The third kappa shape index (κ3) is 3.27. The second-order valence-corrected chi connectivity index (χ2v) is 4.69. The molecule has 0 aliphatic carbocycles. The Balaban J connectivity index is 2.24. The molecule has 2 N–H and O–H groups in total. The van der Waals surface area contributed by atoms with Crippen molar-refractivity contribution >= 4 is 5.91 Å². The highest BCUT2D eigenvalue weighted by molar-refractivity contribution is 5.83. The van der Waals surface area contributed by atoms with Crippen LogP contribution < -0.4 is 5.32 Å². The monoisotopic (exact) mass is 200 g/mol. The molecule has 0 aromatic rings. The van der Waals surface area contributed by atoms with Crippen molar-refractivity contribution in [1.82, 2.24) is 10.2 Å². The van der Waals surface area contributed by atoms with Gasteiger partial charge in [0.25, 0.3) is 5.91 Å². The molecule has 82 valence electrons. The average molecular weight is 200 g/mol. The van der Waals surface area contributed by atoms with E-state index in [0.29, 0.717) is 12.5 Å². The molecule has 1 unspecified atom stereocenters. The average Bonchev–Trinajstić information content (AvgIpc) is 2.45. The fourth-order valence-corrected chi connectivity index (χ4v) is 1.65. The first-order chi connectivity index (χ1) is 6.39. The first-order valence-electron chi connectivity index (χ1n) is 5.09. The summed E-state index contributed by atoms with van der Waals surface area (Å²) in [6.45, 7) is 5.81. The van der Waals surface area contributed by atoms with Crippen LogP contribution in [-0.2, 0) is 4.79 Å². The summed E-state index contributed by atoms with van der Waals surface area (Å²) < 4.78 is 0. The van der Waals surface area contributed by atoms with Gasteiger partial charge in [-0.05, 0) is 39.8 Å². The predicted octanol–water partition coefficient (Wildman–Crippen LogP) is -0.175. The van der Waals surface area contributed by atoms with Crippen LogP contribution in [0.5, 0.6) is 0 Å². The van der Waals surface area contributed by atoms with E-state index in [1.54, 1.807) is 0 Å². The molecule has 1 saturated heterocycles. The minimum Gasteiger partial charge on any atom is -0.381 e. The molecule has 0 saturated carbocycles. The number of amides is 1. The Kier molecular flexibility index (Phi) is 3.50. The highest BCUT2D eigenvalue weighted by atomic mass is 16.3. The summed E-state index contributed by atoms with van der Waals surface area (Å²) in [6, 6.07) is 0. The molecule has 0 bridgehead atoms. The van der Waals surface area contributed by atoms with Crippen LogP contribution in [0.3, 0.4) is 0 Å². The Morgan fingerprint density at radius 1 is 1.64 bits per heavy atom. The molecule has 4 nitrogen and oxygen atoms in total. The maximum Gasteiger partial charge on any atom is 0.251 e. The van der Waals surface area contributed by atoms with Gasteiger partial charge >= 0.3 is 0 Å². The quantitative estimate of drug-likeness (QED) is 0.665. The Labute approximate surface area is 85.3 Å². The molecule has 1 amide bonds. The van der Waals surface area contributed by atoms with Gasteiger partial charge in [0.05, 0.1) is 0 Å². The van der Waals surface area contributed by atoms with Crippen molar-refractivity contribution in [3.8, 4) is 0 Å². The third-order valence-electron chi connectivity index (χ3n) is 2.60. The largest absolute Gasteiger partial charge is 0.381 e. The lowest BCUT2D eigenvalue weighted by atomic mass is 10.1. The number of aliphatic hydroxyl groups is 1. The molecule has 1 rings (SSSR count). The fraction of sp³-hybridized carbons (Fsp3) is 0.900. The lowest BCUT2D eigenvalue weighted by Gasteiger charge is -2.18. The molecule has 1 atom stereocenters. The van der Waals surface area contributed by atoms with Crippen LogP contribution in [0.2, 0.25) is 0 Å². The Morgan fingerprint density at radius 2 is 2.29 bits per heavy atom. The van der Waals surface area contributed by atoms with Crippen LogP contribution in [0.4, 0.5) is 0 Å². The van der Waals surface area contributed by atoms with E-state index in [0.717, 1.165) is 19.5 Å². The minimum atomic E-state index is -1.26. The first kappa shape index (κ1) is 11.5. The van der Waals surface area contributed by atoms with Crippen LogP contribution >= 0.6 is 0 Å². The zero-order chi connectivity index (χ0) is 10.8. The normalized spacial score (nSPS) is 23.9. The third-order valence-corrected chi connectivity index (χ3v) is 2.60. The van der Waals surface area contributed by atoms with Crippen molar-refractivity contribution in [1.29, 1.82) is 0 Å². The van der Waals surface area contributed by atoms with Gasteiger partial charge in [-0.15, -0.1) is 0 Å². The van der Waals surface area contributed by atoms with E-state index in [1.807, 2.05) is 0 Å². The number of nitrogens with one attached hydrogen (secondary N) is 1. The molecule has 0 radical (unpaired) electrons. The summed E-state index contributed by atoms with van der Waals surface area (Å²) in [4.78, 5) is 13.6. The standard InChI is InChI=1S/C10H20N2O2/c1-10(2,14)9(13)11-6-8-4-5-12(3)7-8/h8,14H,4-7H2,1-3H3,(H,11,13). The van der Waals surface area contributed by atoms with E-state index in [1.165, 1.54) is 13.8 Å². The summed E-state index contributed by atoms with van der Waals surface area (Å²) in [5, 5.41) is 12.2. The van der Waals surface area contributed by atoms with Gasteiger partial charge in [-0.2, -0.15) is 0 Å². The predicted molar refractivity (Wildman–Crippen MR) is 54.9 cm³/mol. The van der Waals surface area contributed by atoms with Crippen molar-refractivity contribution in [2.45, 2.75) is 25.9 Å². The van der Waals surface area contributed by atoms with Crippen molar-refractivity contribution in [2.75, 3.05) is 26.7 Å². The molecular weight excluding hydrogens is 180 g/mol. The molecule has 14 heavy (non-hydrogen) atoms. The van der Waals surface area contributed by atoms with Crippen LogP contribution in [0.1, 0.15) is 20.3 Å². The molecule has 0 spiro atoms. The molecule has 1 aliphatic rings. The Bertz CT molecular complexity index is 211. The minimum absolute atomic E-state index is 0.285. The van der Waals surface area contributed by atoms with Gasteiger partial charge in [-0.25, -0.2) is 0 Å². The van der Waals surface area contributed by atoms with E-state index in [4.69, 9.17) is 0 Å². The summed E-state index contributed by atoms with van der Waals surface area (Å²) in [7, 11) is 2.08. The van der Waals surface area contributed by atoms with Crippen LogP contribution in [-0.4, -0.2) is 48.2 Å². The number of hydrogen-bond donors (Lipinski definition) is 2. The second-order valence-electron chi connectivity index (χ2n) is 4.69. The zero-order valence-corrected chi connectivity index (χ0v) is 9.21. The molecule has 4 heteroatoms. The number of hydrogen-bond acceptors (Lipinski definition) is 3. The van der Waals surface area contributed by atoms with Gasteiger partial charge in [0, 0.05) is 13.1 Å². The molecule has 1 fully saturated rings. The molecule has 0 aromatic carbocycles. The SMILES string of the molecule is CN1CCC(CNC(=O)C(C)(C)O)C1. The fourth-order valence-electron chi connectivity index (χ4n) is 1.65. The maximum atomic E-state index is 11.3. The van der Waals surface area contributed by atoms with Gasteiger partial charge in [-0.1, -0.05) is 0 Å². The van der Waals surface area contributed by atoms with Crippen molar-refractivity contribution in [3.63, 3.8) is 0 Å². The van der Waals surface area contributed by atoms with Gasteiger partial charge in [0.1, 0.15) is 5.60 Å². The van der Waals surface area contributed by atoms with Gasteiger partial charge in [-0.3, -0.25) is 4.79 Å². The van der Waals surface area contributed by atoms with Crippen molar-refractivity contribution < 1.29 is 9.90 Å². The lowest BCUT2D eigenvalue weighted by molar-refractivity contribution is -0.136. The number of carbonyl (C=O) groups excluding carboxylic acids is 1. The molecular formula is C10H20N2O2. The van der Waals surface area contributed by atoms with Crippen molar-refractivity contribution in [3.05, 3.63) is 0 Å². The highest BCUT2D eigenvalue weighted by Gasteiger charge is 2.25. The maximum absolute atomic E-state index is 11.3. The second kappa shape index (κ2) is 4.28. The smallest absolute Gasteiger partial charge is 0.251 e. The summed E-state index contributed by atoms with van der Waals surface area (Å²) >= 11 is 0. The van der Waals surface area contributed by atoms with Crippen LogP contribution in [0.25, 0.3) is 0 Å². The van der Waals surface area contributed by atoms with E-state index in [-0.39, 0.29) is 5.91 Å². The summed E-state index contributed by atoms with van der Waals surface area (Å²) in [5.74, 6) is 0.248. The van der Waals surface area contributed by atoms with E-state index >= 15 is 0 Å². The summed E-state index contributed by atoms with van der Waals surface area (Å²) in [6.07, 6.45) is 1.13. The number of rotatable bonds is 3. The molecule has 1 heterocycles. The zero-order valence-electron chi connectivity index (χ0n) is 9.21. The van der Waals surface area contributed by atoms with Gasteiger partial charge in [0.15, 0.2) is 0 Å². The van der Waals surface area contributed by atoms with E-state index in [9.17, 15) is 9.90 Å². The van der Waals surface area contributed by atoms with E-state index in [2.05, 4.69) is 17.3 Å². The van der Waals surface area contributed by atoms with Crippen LogP contribution in [0, 0.1) is 5.92 Å². The first-order valence-corrected chi connectivity index (χ1v) is 5.09. The molecule has 0 aromatic heterocycles. The van der Waals surface area contributed by atoms with E-state index < -0.39 is 5.60 Å². The number of carbonyl (C=O) groups is 1. The van der Waals surface area contributed by atoms with Crippen LogP contribution in [0.15, 0.2) is 0 Å². The van der Waals surface area contributed by atoms with Crippen molar-refractivity contribution in [2.24, 2.45) is 5.92 Å². The Hall–Kier alpha value is -0.610. The number of likely N-dealkylation sites (tertiary alicyclic amines) is 1. The number of nitrogens with zero attached hydrogens (tertiary/aromatic N) is 1. The van der Waals surface area contributed by atoms with Gasteiger partial charge in [0.2, 0.25) is 0 Å². The van der Waals surface area contributed by atoms with Gasteiger partial charge < -0.3 is 15.3 Å². The topological polar surface area (TPSA) is 52.6 Å². The molecule has 1 aliphatic heterocycles. The Morgan fingerprint density at radius 3 is 2.71 bits per heavy atom. The highest BCUT2D eigenvalue weighted by Crippen LogP contribution is 2.13. The lowest BCUT2D eigenvalue weighted by Crippen LogP contribution is -2.44.